The molecule has 0 saturated heterocycles. The molecule has 0 atom stereocenters. The maximum Gasteiger partial charge on any atom is 0.327 e. The summed E-state index contributed by atoms with van der Waals surface area (Å²) in [6, 6.07) is 0. The van der Waals surface area contributed by atoms with E-state index in [1.165, 1.54) is 0 Å². The van der Waals surface area contributed by atoms with Crippen LogP contribution in [0.15, 0.2) is 0 Å². The third-order valence-corrected chi connectivity index (χ3v) is 1.12. The van der Waals surface area contributed by atoms with Crippen molar-refractivity contribution in [2.24, 2.45) is 0 Å². The summed E-state index contributed by atoms with van der Waals surface area (Å²) >= 11 is 0. The van der Waals surface area contributed by atoms with E-state index in [9.17, 15) is 0 Å². The minimum Gasteiger partial charge on any atom is -0.328 e. The van der Waals surface area contributed by atoms with Crippen molar-refractivity contribution in [2.45, 2.75) is 19.8 Å². The normalized spacial score (nSPS) is 9.33. The molecule has 3 nitrogen and oxygen atoms in total. The van der Waals surface area contributed by atoms with Gasteiger partial charge in [-0.2, -0.15) is 0 Å². The standard InChI is InChI=1S/C4H11O3P.V/c1-2-3-4-7-8(5)6;/h5-6H,2-4H2,1H3;. The molecule has 55 valence electrons. The Hall–Kier alpha value is 0.894. The number of hydrogen-bond acceptors (Lipinski definition) is 3. The molecule has 0 aromatic rings. The molecular formula is C4H11O3PV. The van der Waals surface area contributed by atoms with Gasteiger partial charge in [-0.25, -0.2) is 0 Å². The molecule has 0 fully saturated rings. The van der Waals surface area contributed by atoms with Crippen molar-refractivity contribution in [1.29, 1.82) is 0 Å². The fourth-order valence-electron chi connectivity index (χ4n) is 0.291. The van der Waals surface area contributed by atoms with E-state index in [1.807, 2.05) is 6.92 Å². The van der Waals surface area contributed by atoms with Gasteiger partial charge in [-0.1, -0.05) is 13.3 Å². The Bertz CT molecular complexity index is 53.1. The van der Waals surface area contributed by atoms with Gasteiger partial charge in [-0.15, -0.1) is 0 Å². The van der Waals surface area contributed by atoms with Gasteiger partial charge in [0.05, 0.1) is 6.61 Å². The quantitative estimate of drug-likeness (QED) is 0.512. The van der Waals surface area contributed by atoms with Crippen LogP contribution in [-0.2, 0) is 23.1 Å². The van der Waals surface area contributed by atoms with Gasteiger partial charge in [0, 0.05) is 18.6 Å². The molecule has 0 aliphatic heterocycles. The maximum atomic E-state index is 8.18. The molecule has 0 aromatic carbocycles. The van der Waals surface area contributed by atoms with Crippen LogP contribution in [0.4, 0.5) is 0 Å². The van der Waals surface area contributed by atoms with E-state index in [0.717, 1.165) is 12.8 Å². The Morgan fingerprint density at radius 3 is 2.33 bits per heavy atom. The molecule has 1 radical (unpaired) electrons. The average molecular weight is 189 g/mol. The maximum absolute atomic E-state index is 8.18. The summed E-state index contributed by atoms with van der Waals surface area (Å²) < 4.78 is 4.46. The first-order chi connectivity index (χ1) is 3.77. The molecule has 0 aromatic heterocycles. The Morgan fingerprint density at radius 2 is 2.00 bits per heavy atom. The van der Waals surface area contributed by atoms with E-state index in [2.05, 4.69) is 4.52 Å². The topological polar surface area (TPSA) is 49.7 Å². The molecule has 0 heterocycles. The molecule has 5 heteroatoms. The van der Waals surface area contributed by atoms with Crippen molar-refractivity contribution < 1.29 is 32.9 Å². The van der Waals surface area contributed by atoms with Gasteiger partial charge in [0.25, 0.3) is 0 Å². The molecule has 0 amide bonds. The average Bonchev–Trinajstić information content (AvgIpc) is 1.66. The summed E-state index contributed by atoms with van der Waals surface area (Å²) in [4.78, 5) is 16.4. The summed E-state index contributed by atoms with van der Waals surface area (Å²) in [6.07, 6.45) is 1.91. The van der Waals surface area contributed by atoms with Gasteiger partial charge in [0.2, 0.25) is 0 Å². The Labute approximate surface area is 68.3 Å². The molecule has 0 spiro atoms. The van der Waals surface area contributed by atoms with Crippen molar-refractivity contribution >= 4 is 8.60 Å². The Kier molecular flexibility index (Phi) is 12.4. The molecule has 2 N–H and O–H groups in total. The van der Waals surface area contributed by atoms with E-state index >= 15 is 0 Å². The van der Waals surface area contributed by atoms with Crippen LogP contribution in [0, 0.1) is 0 Å². The van der Waals surface area contributed by atoms with Crippen LogP contribution in [0.5, 0.6) is 0 Å². The van der Waals surface area contributed by atoms with Crippen LogP contribution in [-0.4, -0.2) is 16.4 Å². The zero-order valence-corrected chi connectivity index (χ0v) is 7.61. The van der Waals surface area contributed by atoms with E-state index in [1.54, 1.807) is 0 Å². The van der Waals surface area contributed by atoms with E-state index in [-0.39, 0.29) is 18.6 Å². The van der Waals surface area contributed by atoms with Gasteiger partial charge >= 0.3 is 8.60 Å². The summed E-state index contributed by atoms with van der Waals surface area (Å²) in [7, 11) is -2.11. The van der Waals surface area contributed by atoms with Crippen molar-refractivity contribution in [3.8, 4) is 0 Å². The third-order valence-electron chi connectivity index (χ3n) is 0.705. The molecule has 9 heavy (non-hydrogen) atoms. The van der Waals surface area contributed by atoms with E-state index in [0.29, 0.717) is 6.61 Å². The number of hydrogen-bond donors (Lipinski definition) is 2. The predicted molar refractivity (Wildman–Crippen MR) is 32.2 cm³/mol. The molecule has 0 unspecified atom stereocenters. The van der Waals surface area contributed by atoms with Crippen LogP contribution in [0.25, 0.3) is 0 Å². The Balaban J connectivity index is 0. The van der Waals surface area contributed by atoms with E-state index < -0.39 is 8.60 Å². The predicted octanol–water partition coefficient (Wildman–Crippen LogP) is 1.01. The van der Waals surface area contributed by atoms with Crippen molar-refractivity contribution in [3.63, 3.8) is 0 Å². The summed E-state index contributed by atoms with van der Waals surface area (Å²) in [5.41, 5.74) is 0. The zero-order chi connectivity index (χ0) is 6.41. The van der Waals surface area contributed by atoms with Crippen LogP contribution >= 0.6 is 8.60 Å². The van der Waals surface area contributed by atoms with Crippen LogP contribution < -0.4 is 0 Å². The van der Waals surface area contributed by atoms with Gasteiger partial charge in [0.1, 0.15) is 0 Å². The molecule has 0 saturated carbocycles. The van der Waals surface area contributed by atoms with Crippen LogP contribution in [0.3, 0.4) is 0 Å². The summed E-state index contributed by atoms with van der Waals surface area (Å²) in [6.45, 7) is 2.47. The van der Waals surface area contributed by atoms with Gasteiger partial charge in [-0.05, 0) is 6.42 Å². The molecule has 0 aliphatic carbocycles. The van der Waals surface area contributed by atoms with Gasteiger partial charge in [-0.3, -0.25) is 0 Å². The molecule has 0 bridgehead atoms. The van der Waals surface area contributed by atoms with Crippen molar-refractivity contribution in [3.05, 3.63) is 0 Å². The third kappa shape index (κ3) is 12.2. The fourth-order valence-corrected chi connectivity index (χ4v) is 0.583. The monoisotopic (exact) mass is 189 g/mol. The van der Waals surface area contributed by atoms with Gasteiger partial charge < -0.3 is 14.3 Å². The van der Waals surface area contributed by atoms with Crippen molar-refractivity contribution in [1.82, 2.24) is 0 Å². The smallest absolute Gasteiger partial charge is 0.327 e. The minimum absolute atomic E-state index is 0. The first-order valence-corrected chi connectivity index (χ1v) is 3.74. The molecular weight excluding hydrogens is 178 g/mol. The SMILES string of the molecule is CCCCOP(O)O.[V]. The van der Waals surface area contributed by atoms with Gasteiger partial charge in [0.15, 0.2) is 0 Å². The molecule has 0 aliphatic rings. The van der Waals surface area contributed by atoms with Crippen LogP contribution in [0.2, 0.25) is 0 Å². The Morgan fingerprint density at radius 1 is 1.44 bits per heavy atom. The van der Waals surface area contributed by atoms with E-state index in [4.69, 9.17) is 9.79 Å². The number of unbranched alkanes of at least 4 members (excludes halogenated alkanes) is 1. The number of rotatable bonds is 4. The second-order valence-corrected chi connectivity index (χ2v) is 2.20. The second kappa shape index (κ2) is 8.89. The molecule has 0 rings (SSSR count). The van der Waals surface area contributed by atoms with Crippen molar-refractivity contribution in [2.75, 3.05) is 6.61 Å². The minimum atomic E-state index is -2.11. The fraction of sp³-hybridized carbons (Fsp3) is 1.00. The first kappa shape index (κ1) is 12.6. The second-order valence-electron chi connectivity index (χ2n) is 1.44. The van der Waals surface area contributed by atoms with Crippen LogP contribution in [0.1, 0.15) is 19.8 Å². The summed E-state index contributed by atoms with van der Waals surface area (Å²) in [5, 5.41) is 0. The summed E-state index contributed by atoms with van der Waals surface area (Å²) in [5.74, 6) is 0. The zero-order valence-electron chi connectivity index (χ0n) is 5.32. The largest absolute Gasteiger partial charge is 0.328 e. The first-order valence-electron chi connectivity index (χ1n) is 2.58.